The van der Waals surface area contributed by atoms with Crippen LogP contribution < -0.4 is 10.6 Å². The molecule has 1 aromatic carbocycles. The smallest absolute Gasteiger partial charge is 0.336 e. The van der Waals surface area contributed by atoms with Crippen molar-refractivity contribution in [2.24, 2.45) is 0 Å². The molecule has 3 aliphatic rings. The molecular weight excluding hydrogens is 680 g/mol. The maximum atomic E-state index is 12.9. The molecule has 1 spiro atoms. The quantitative estimate of drug-likeness (QED) is 0.173. The molecule has 15 heteroatoms. The minimum Gasteiger partial charge on any atom is -0.479 e. The van der Waals surface area contributed by atoms with Gasteiger partial charge in [0.1, 0.15) is 12.2 Å². The number of hydrogen-bond donors (Lipinski definition) is 6. The van der Waals surface area contributed by atoms with Gasteiger partial charge in [-0.1, -0.05) is 22.0 Å². The Labute approximate surface area is 283 Å². The summed E-state index contributed by atoms with van der Waals surface area (Å²) in [7, 11) is 0. The van der Waals surface area contributed by atoms with Crippen molar-refractivity contribution in [3.05, 3.63) is 34.3 Å². The third-order valence-electron chi connectivity index (χ3n) is 9.14. The summed E-state index contributed by atoms with van der Waals surface area (Å²) in [6.45, 7) is 10.6. The zero-order valence-corrected chi connectivity index (χ0v) is 29.1. The number of amides is 2. The van der Waals surface area contributed by atoms with Crippen molar-refractivity contribution in [2.45, 2.75) is 94.2 Å². The lowest BCUT2D eigenvalue weighted by Gasteiger charge is -2.49. The van der Waals surface area contributed by atoms with E-state index in [2.05, 4.69) is 36.4 Å². The van der Waals surface area contributed by atoms with Gasteiger partial charge in [-0.15, -0.1) is 0 Å². The zero-order chi connectivity index (χ0) is 34.6. The van der Waals surface area contributed by atoms with E-state index in [0.29, 0.717) is 49.6 Å². The normalized spacial score (nSPS) is 30.2. The number of aliphatic carboxylic acids is 1. The van der Waals surface area contributed by atoms with Crippen molar-refractivity contribution in [1.82, 2.24) is 20.4 Å². The Hall–Kier alpha value is -2.21. The lowest BCUT2D eigenvalue weighted by Crippen LogP contribution is -2.68. The average molecular weight is 730 g/mol. The van der Waals surface area contributed by atoms with E-state index in [-0.39, 0.29) is 24.0 Å². The number of carbonyl (C=O) groups excluding carboxylic acids is 2. The average Bonchev–Trinajstić information content (AvgIpc) is 3.41. The van der Waals surface area contributed by atoms with Crippen molar-refractivity contribution < 1.29 is 49.0 Å². The highest BCUT2D eigenvalue weighted by molar-refractivity contribution is 9.10. The van der Waals surface area contributed by atoms with Gasteiger partial charge in [-0.3, -0.25) is 19.4 Å². The van der Waals surface area contributed by atoms with Gasteiger partial charge in [0.15, 0.2) is 5.60 Å². The minimum atomic E-state index is -1.94. The predicted octanol–water partition coefficient (Wildman–Crippen LogP) is 0.318. The van der Waals surface area contributed by atoms with Gasteiger partial charge in [0.2, 0.25) is 5.91 Å². The summed E-state index contributed by atoms with van der Waals surface area (Å²) in [6, 6.07) is 5.38. The Kier molecular flexibility index (Phi) is 12.4. The highest BCUT2D eigenvalue weighted by atomic mass is 79.9. The second kappa shape index (κ2) is 15.6. The third kappa shape index (κ3) is 9.49. The highest BCUT2D eigenvalue weighted by Crippen LogP contribution is 2.37. The molecule has 0 bridgehead atoms. The summed E-state index contributed by atoms with van der Waals surface area (Å²) in [6.07, 6.45) is -5.90. The Morgan fingerprint density at radius 3 is 2.62 bits per heavy atom. The second-order valence-electron chi connectivity index (χ2n) is 13.9. The maximum absolute atomic E-state index is 12.9. The highest BCUT2D eigenvalue weighted by Gasteiger charge is 2.55. The maximum Gasteiger partial charge on any atom is 0.336 e. The molecule has 0 saturated carbocycles. The standard InChI is InChI=1S/C32H49BrN4O10/c1-20(38)35-25-23(39)15-32(29(43)44,47-27(25)26(41)24(40)16-34-28(42)21-6-5-7-22(33)14-21)9-11-37-12-13-45-18-31(37)8-10-36(17-31)19-46-30(2,3)4/h5-7,14,23-27,39-41H,8-13,15-19H2,1-4H3,(H,34,42)(H,35,38)(H,43,44)/t23-,24+,25+,26+,27+,31+,32+/m0/s1. The Bertz CT molecular complexity index is 1270. The molecule has 264 valence electrons. The molecule has 0 aliphatic carbocycles. The largest absolute Gasteiger partial charge is 0.479 e. The number of aliphatic hydroxyl groups excluding tert-OH is 3. The topological polar surface area (TPSA) is 190 Å². The number of benzene rings is 1. The van der Waals surface area contributed by atoms with Gasteiger partial charge in [0, 0.05) is 62.5 Å². The summed E-state index contributed by atoms with van der Waals surface area (Å²) in [5.41, 5.74) is -2.26. The predicted molar refractivity (Wildman–Crippen MR) is 174 cm³/mol. The molecule has 3 fully saturated rings. The number of carbonyl (C=O) groups is 3. The first kappa shape index (κ1) is 37.6. The van der Waals surface area contributed by atoms with Gasteiger partial charge in [-0.05, 0) is 45.4 Å². The molecule has 1 aromatic rings. The lowest BCUT2D eigenvalue weighted by molar-refractivity contribution is -0.231. The van der Waals surface area contributed by atoms with Gasteiger partial charge < -0.3 is 45.3 Å². The van der Waals surface area contributed by atoms with E-state index in [0.717, 1.165) is 13.0 Å². The van der Waals surface area contributed by atoms with Crippen molar-refractivity contribution >= 4 is 33.7 Å². The SMILES string of the molecule is CC(=O)N[C@H]1[C@H]([C@H](O)[C@H](O)CNC(=O)c2cccc(Br)c2)O[C@@](CCN2CCOC[C@]23CCN(COC(C)(C)C)C3)(C(=O)O)C[C@@H]1O. The number of halogens is 1. The van der Waals surface area contributed by atoms with Gasteiger partial charge in [-0.2, -0.15) is 0 Å². The van der Waals surface area contributed by atoms with Crippen LogP contribution in [0.2, 0.25) is 0 Å². The lowest BCUT2D eigenvalue weighted by atomic mass is 9.81. The van der Waals surface area contributed by atoms with Crippen LogP contribution in [0.4, 0.5) is 0 Å². The molecule has 0 unspecified atom stereocenters. The van der Waals surface area contributed by atoms with Crippen LogP contribution >= 0.6 is 15.9 Å². The van der Waals surface area contributed by atoms with Crippen molar-refractivity contribution in [3.63, 3.8) is 0 Å². The molecule has 3 aliphatic heterocycles. The molecule has 7 atom stereocenters. The molecule has 6 N–H and O–H groups in total. The molecule has 0 radical (unpaired) electrons. The summed E-state index contributed by atoms with van der Waals surface area (Å²) in [5, 5.41) is 49.0. The van der Waals surface area contributed by atoms with E-state index >= 15 is 0 Å². The number of carboxylic acid groups (broad SMARTS) is 1. The number of nitrogens with one attached hydrogen (secondary N) is 2. The van der Waals surface area contributed by atoms with Crippen LogP contribution in [-0.4, -0.2) is 148 Å². The third-order valence-corrected chi connectivity index (χ3v) is 9.64. The van der Waals surface area contributed by atoms with E-state index in [4.69, 9.17) is 14.2 Å². The van der Waals surface area contributed by atoms with Crippen LogP contribution in [-0.2, 0) is 23.8 Å². The van der Waals surface area contributed by atoms with Crippen LogP contribution in [0.3, 0.4) is 0 Å². The van der Waals surface area contributed by atoms with Crippen LogP contribution in [0.25, 0.3) is 0 Å². The van der Waals surface area contributed by atoms with E-state index in [9.17, 15) is 34.8 Å². The number of aliphatic hydroxyl groups is 3. The first-order chi connectivity index (χ1) is 22.0. The van der Waals surface area contributed by atoms with Gasteiger partial charge >= 0.3 is 5.97 Å². The number of carboxylic acids is 1. The van der Waals surface area contributed by atoms with Crippen LogP contribution in [0.5, 0.6) is 0 Å². The van der Waals surface area contributed by atoms with E-state index in [1.54, 1.807) is 24.3 Å². The number of nitrogens with zero attached hydrogens (tertiary/aromatic N) is 2. The first-order valence-corrected chi connectivity index (χ1v) is 16.8. The molecule has 3 heterocycles. The zero-order valence-electron chi connectivity index (χ0n) is 27.5. The fourth-order valence-corrected chi connectivity index (χ4v) is 6.98. The summed E-state index contributed by atoms with van der Waals surface area (Å²) < 4.78 is 18.7. The number of morpholine rings is 1. The number of likely N-dealkylation sites (tertiary alicyclic amines) is 1. The fraction of sp³-hybridized carbons (Fsp3) is 0.719. The van der Waals surface area contributed by atoms with Gasteiger partial charge in [0.25, 0.3) is 5.91 Å². The molecule has 4 rings (SSSR count). The Morgan fingerprint density at radius 2 is 1.96 bits per heavy atom. The summed E-state index contributed by atoms with van der Waals surface area (Å²) >= 11 is 3.30. The second-order valence-corrected chi connectivity index (χ2v) is 14.8. The van der Waals surface area contributed by atoms with Crippen LogP contribution in [0.1, 0.15) is 57.3 Å². The molecule has 14 nitrogen and oxygen atoms in total. The van der Waals surface area contributed by atoms with Crippen LogP contribution in [0, 0.1) is 0 Å². The fourth-order valence-electron chi connectivity index (χ4n) is 6.58. The van der Waals surface area contributed by atoms with Crippen LogP contribution in [0.15, 0.2) is 28.7 Å². The van der Waals surface area contributed by atoms with Crippen molar-refractivity contribution in [3.8, 4) is 0 Å². The van der Waals surface area contributed by atoms with Gasteiger partial charge in [0.05, 0.1) is 49.3 Å². The van der Waals surface area contributed by atoms with E-state index in [1.165, 1.54) is 6.92 Å². The molecule has 2 amide bonds. The number of rotatable bonds is 12. The van der Waals surface area contributed by atoms with E-state index < -0.39 is 60.4 Å². The van der Waals surface area contributed by atoms with Crippen molar-refractivity contribution in [2.75, 3.05) is 52.7 Å². The summed E-state index contributed by atoms with van der Waals surface area (Å²) in [4.78, 5) is 42.0. The van der Waals surface area contributed by atoms with Gasteiger partial charge in [-0.25, -0.2) is 4.79 Å². The Balaban J connectivity index is 1.48. The monoisotopic (exact) mass is 728 g/mol. The first-order valence-electron chi connectivity index (χ1n) is 16.0. The van der Waals surface area contributed by atoms with Crippen molar-refractivity contribution in [1.29, 1.82) is 0 Å². The Morgan fingerprint density at radius 1 is 1.21 bits per heavy atom. The molecule has 3 saturated heterocycles. The molecular formula is C32H49BrN4O10. The summed E-state index contributed by atoms with van der Waals surface area (Å²) in [5.74, 6) is -2.37. The number of hydrogen-bond acceptors (Lipinski definition) is 11. The van der Waals surface area contributed by atoms with E-state index in [1.807, 2.05) is 20.8 Å². The molecule has 0 aromatic heterocycles. The minimum absolute atomic E-state index is 0.0363. The number of ether oxygens (including phenoxy) is 3. The molecule has 47 heavy (non-hydrogen) atoms.